The number of hydrogen-bond acceptors (Lipinski definition) is 3. The van der Waals surface area contributed by atoms with Crippen molar-refractivity contribution >= 4 is 18.3 Å². The van der Waals surface area contributed by atoms with E-state index in [-0.39, 0.29) is 17.8 Å². The molecule has 0 aliphatic carbocycles. The van der Waals surface area contributed by atoms with Crippen LogP contribution >= 0.6 is 12.4 Å². The van der Waals surface area contributed by atoms with E-state index in [0.29, 0.717) is 25.0 Å². The van der Waals surface area contributed by atoms with Gasteiger partial charge in [0.2, 0.25) is 5.91 Å². The van der Waals surface area contributed by atoms with Gasteiger partial charge in [0, 0.05) is 26.3 Å². The monoisotopic (exact) mass is 352 g/mol. The maximum atomic E-state index is 13.5. The molecular weight excluding hydrogens is 324 g/mol. The lowest BCUT2D eigenvalue weighted by Gasteiger charge is -2.42. The van der Waals surface area contributed by atoms with Crippen molar-refractivity contribution in [3.8, 4) is 0 Å². The maximum absolute atomic E-state index is 13.5. The Balaban J connectivity index is 0.00000208. The molecule has 5 heteroatoms. The summed E-state index contributed by atoms with van der Waals surface area (Å²) < 4.78 is 5.56. The second-order valence-corrected chi connectivity index (χ2v) is 6.88. The smallest absolute Gasteiger partial charge is 0.233 e. The fourth-order valence-corrected chi connectivity index (χ4v) is 4.11. The van der Waals surface area contributed by atoms with Crippen LogP contribution in [0.15, 0.2) is 30.3 Å². The van der Waals surface area contributed by atoms with Crippen LogP contribution in [0.3, 0.4) is 0 Å². The number of piperidine rings is 1. The minimum absolute atomic E-state index is 0. The molecule has 1 aromatic carbocycles. The van der Waals surface area contributed by atoms with Gasteiger partial charge in [-0.1, -0.05) is 30.3 Å². The summed E-state index contributed by atoms with van der Waals surface area (Å²) in [5.41, 5.74) is 0.769. The van der Waals surface area contributed by atoms with Gasteiger partial charge >= 0.3 is 0 Å². The maximum Gasteiger partial charge on any atom is 0.233 e. The number of benzene rings is 1. The predicted octanol–water partition coefficient (Wildman–Crippen LogP) is 2.61. The molecule has 1 amide bonds. The van der Waals surface area contributed by atoms with Gasteiger partial charge < -0.3 is 15.0 Å². The molecule has 2 aliphatic rings. The highest BCUT2D eigenvalue weighted by Gasteiger charge is 2.44. The molecule has 1 aromatic rings. The highest BCUT2D eigenvalue weighted by molar-refractivity contribution is 5.88. The van der Waals surface area contributed by atoms with Crippen LogP contribution in [0.4, 0.5) is 0 Å². The minimum Gasteiger partial charge on any atom is -0.381 e. The fraction of sp³-hybridized carbons (Fsp3) is 0.632. The third-order valence-corrected chi connectivity index (χ3v) is 5.38. The van der Waals surface area contributed by atoms with E-state index in [4.69, 9.17) is 4.74 Å². The summed E-state index contributed by atoms with van der Waals surface area (Å²) >= 11 is 0. The molecule has 24 heavy (non-hydrogen) atoms. The Kier molecular flexibility index (Phi) is 7.08. The molecule has 0 bridgehead atoms. The Hall–Kier alpha value is -1.10. The molecule has 134 valence electrons. The number of ether oxygens (including phenoxy) is 1. The van der Waals surface area contributed by atoms with Crippen molar-refractivity contribution in [2.24, 2.45) is 5.92 Å². The summed E-state index contributed by atoms with van der Waals surface area (Å²) in [5, 5.41) is 3.26. The third-order valence-electron chi connectivity index (χ3n) is 5.38. The summed E-state index contributed by atoms with van der Waals surface area (Å²) in [6.45, 7) is 4.12. The second-order valence-electron chi connectivity index (χ2n) is 6.88. The first-order valence-electron chi connectivity index (χ1n) is 8.83. The van der Waals surface area contributed by atoms with Crippen molar-refractivity contribution in [1.29, 1.82) is 0 Å². The number of carbonyl (C=O) groups excluding carboxylic acids is 1. The number of rotatable bonds is 4. The standard InChI is InChI=1S/C19H28N2O2.ClH/c1-20-14-16-6-5-11-21(15-16)18(22)19(9-12-23-13-10-19)17-7-3-2-4-8-17;/h2-4,7-8,16,20H,5-6,9-15H2,1H3;1H. The van der Waals surface area contributed by atoms with Crippen molar-refractivity contribution < 1.29 is 9.53 Å². The third kappa shape index (κ3) is 3.93. The summed E-state index contributed by atoms with van der Waals surface area (Å²) in [6, 6.07) is 10.3. The lowest BCUT2D eigenvalue weighted by molar-refractivity contribution is -0.143. The average Bonchev–Trinajstić information content (AvgIpc) is 2.63. The second kappa shape index (κ2) is 8.84. The van der Waals surface area contributed by atoms with Gasteiger partial charge in [-0.2, -0.15) is 0 Å². The van der Waals surface area contributed by atoms with E-state index in [1.807, 2.05) is 25.2 Å². The quantitative estimate of drug-likeness (QED) is 0.905. The zero-order valence-electron chi connectivity index (χ0n) is 14.5. The van der Waals surface area contributed by atoms with E-state index in [1.165, 1.54) is 6.42 Å². The van der Waals surface area contributed by atoms with Crippen LogP contribution in [0, 0.1) is 5.92 Å². The largest absolute Gasteiger partial charge is 0.381 e. The summed E-state index contributed by atoms with van der Waals surface area (Å²) in [5.74, 6) is 0.887. The van der Waals surface area contributed by atoms with Crippen LogP contribution in [-0.2, 0) is 14.9 Å². The minimum atomic E-state index is -0.388. The van der Waals surface area contributed by atoms with Crippen LogP contribution < -0.4 is 5.32 Å². The molecule has 3 rings (SSSR count). The summed E-state index contributed by atoms with van der Waals surface area (Å²) in [6.07, 6.45) is 3.91. The number of nitrogens with zero attached hydrogens (tertiary/aromatic N) is 1. The molecule has 0 radical (unpaired) electrons. The number of likely N-dealkylation sites (tertiary alicyclic amines) is 1. The van der Waals surface area contributed by atoms with Crippen molar-refractivity contribution in [3.05, 3.63) is 35.9 Å². The molecule has 2 heterocycles. The predicted molar refractivity (Wildman–Crippen MR) is 98.7 cm³/mol. The first-order valence-corrected chi connectivity index (χ1v) is 8.83. The zero-order valence-corrected chi connectivity index (χ0v) is 15.3. The normalized spacial score (nSPS) is 23.4. The highest BCUT2D eigenvalue weighted by Crippen LogP contribution is 2.37. The highest BCUT2D eigenvalue weighted by atomic mass is 35.5. The SMILES string of the molecule is CNCC1CCCN(C(=O)C2(c3ccccc3)CCOCC2)C1.Cl. The number of hydrogen-bond donors (Lipinski definition) is 1. The molecule has 2 saturated heterocycles. The lowest BCUT2D eigenvalue weighted by atomic mass is 9.72. The van der Waals surface area contributed by atoms with E-state index in [0.717, 1.165) is 44.5 Å². The Bertz CT molecular complexity index is 515. The van der Waals surface area contributed by atoms with Crippen LogP contribution in [0.5, 0.6) is 0 Å². The van der Waals surface area contributed by atoms with Gasteiger partial charge in [0.1, 0.15) is 0 Å². The Morgan fingerprint density at radius 3 is 2.67 bits per heavy atom. The van der Waals surface area contributed by atoms with Gasteiger partial charge in [0.05, 0.1) is 5.41 Å². The van der Waals surface area contributed by atoms with Crippen molar-refractivity contribution in [2.45, 2.75) is 31.1 Å². The van der Waals surface area contributed by atoms with Gasteiger partial charge in [0.25, 0.3) is 0 Å². The van der Waals surface area contributed by atoms with Crippen LogP contribution in [0.2, 0.25) is 0 Å². The fourth-order valence-electron chi connectivity index (χ4n) is 4.11. The Morgan fingerprint density at radius 1 is 1.29 bits per heavy atom. The number of amides is 1. The average molecular weight is 353 g/mol. The van der Waals surface area contributed by atoms with Gasteiger partial charge in [-0.3, -0.25) is 4.79 Å². The molecule has 1 N–H and O–H groups in total. The van der Waals surface area contributed by atoms with Crippen molar-refractivity contribution in [1.82, 2.24) is 10.2 Å². The Morgan fingerprint density at radius 2 is 2.00 bits per heavy atom. The van der Waals surface area contributed by atoms with Gasteiger partial charge in [-0.25, -0.2) is 0 Å². The van der Waals surface area contributed by atoms with Crippen molar-refractivity contribution in [3.63, 3.8) is 0 Å². The van der Waals surface area contributed by atoms with E-state index in [2.05, 4.69) is 22.3 Å². The molecule has 2 aliphatic heterocycles. The first-order chi connectivity index (χ1) is 11.3. The van der Waals surface area contributed by atoms with E-state index >= 15 is 0 Å². The molecular formula is C19H29ClN2O2. The molecule has 1 unspecified atom stereocenters. The molecule has 2 fully saturated rings. The van der Waals surface area contributed by atoms with Crippen molar-refractivity contribution in [2.75, 3.05) is 39.9 Å². The van der Waals surface area contributed by atoms with Crippen LogP contribution in [0.25, 0.3) is 0 Å². The Labute approximate surface area is 151 Å². The van der Waals surface area contributed by atoms with Gasteiger partial charge in [-0.05, 0) is 50.8 Å². The van der Waals surface area contributed by atoms with Gasteiger partial charge in [-0.15, -0.1) is 12.4 Å². The summed E-state index contributed by atoms with van der Waals surface area (Å²) in [7, 11) is 1.99. The van der Waals surface area contributed by atoms with Crippen LogP contribution in [0.1, 0.15) is 31.2 Å². The van der Waals surface area contributed by atoms with Crippen LogP contribution in [-0.4, -0.2) is 50.7 Å². The zero-order chi connectivity index (χ0) is 16.1. The molecule has 1 atom stereocenters. The number of halogens is 1. The lowest BCUT2D eigenvalue weighted by Crippen LogP contribution is -2.53. The molecule has 0 spiro atoms. The number of carbonyl (C=O) groups is 1. The van der Waals surface area contributed by atoms with E-state index in [1.54, 1.807) is 0 Å². The van der Waals surface area contributed by atoms with E-state index < -0.39 is 0 Å². The molecule has 4 nitrogen and oxygen atoms in total. The summed E-state index contributed by atoms with van der Waals surface area (Å²) in [4.78, 5) is 15.6. The number of nitrogens with one attached hydrogen (secondary N) is 1. The topological polar surface area (TPSA) is 41.6 Å². The van der Waals surface area contributed by atoms with Gasteiger partial charge in [0.15, 0.2) is 0 Å². The molecule has 0 saturated carbocycles. The first kappa shape index (κ1) is 19.2. The molecule has 0 aromatic heterocycles. The van der Waals surface area contributed by atoms with E-state index in [9.17, 15) is 4.79 Å².